The van der Waals surface area contributed by atoms with Crippen molar-refractivity contribution in [2.75, 3.05) is 7.11 Å². The molecule has 0 amide bonds. The highest BCUT2D eigenvalue weighted by Gasteiger charge is 2.33. The fraction of sp³-hybridized carbons (Fsp3) is 0.276. The van der Waals surface area contributed by atoms with Crippen LogP contribution in [-0.2, 0) is 11.4 Å². The molecule has 2 heterocycles. The number of rotatable bonds is 10. The topological polar surface area (TPSA) is 81.5 Å². The normalized spacial score (nSPS) is 13.8. The molecule has 2 aromatic heterocycles. The van der Waals surface area contributed by atoms with Crippen LogP contribution in [0.25, 0.3) is 21.8 Å². The van der Waals surface area contributed by atoms with Gasteiger partial charge in [0.1, 0.15) is 35.3 Å². The van der Waals surface area contributed by atoms with Gasteiger partial charge in [-0.05, 0) is 84.5 Å². The SMILES string of the molecule is COc1ccc(F)c(-c2ncc(COc3cccc([C@@H](CC(=O)O)C4CC4)c3)nc2-c2sccc2C)c1. The summed E-state index contributed by atoms with van der Waals surface area (Å²) >= 11 is 1.52. The summed E-state index contributed by atoms with van der Waals surface area (Å²) in [4.78, 5) is 21.7. The number of nitrogens with zero attached hydrogens (tertiary/aromatic N) is 2. The van der Waals surface area contributed by atoms with E-state index < -0.39 is 11.8 Å². The van der Waals surface area contributed by atoms with Gasteiger partial charge in [-0.1, -0.05) is 12.1 Å². The molecule has 0 saturated heterocycles. The van der Waals surface area contributed by atoms with Gasteiger partial charge in [0.05, 0.1) is 30.3 Å². The van der Waals surface area contributed by atoms with Crippen molar-refractivity contribution in [3.63, 3.8) is 0 Å². The molecule has 0 radical (unpaired) electrons. The fourth-order valence-corrected chi connectivity index (χ4v) is 5.43. The van der Waals surface area contributed by atoms with Crippen molar-refractivity contribution >= 4 is 17.3 Å². The molecule has 1 saturated carbocycles. The lowest BCUT2D eigenvalue weighted by Gasteiger charge is -2.16. The Balaban J connectivity index is 1.43. The first-order valence-electron chi connectivity index (χ1n) is 12.1. The minimum Gasteiger partial charge on any atom is -0.497 e. The maximum Gasteiger partial charge on any atom is 0.303 e. The predicted octanol–water partition coefficient (Wildman–Crippen LogP) is 6.88. The zero-order valence-electron chi connectivity index (χ0n) is 20.6. The molecule has 0 bridgehead atoms. The van der Waals surface area contributed by atoms with Gasteiger partial charge in [-0.3, -0.25) is 9.78 Å². The summed E-state index contributed by atoms with van der Waals surface area (Å²) in [7, 11) is 1.54. The van der Waals surface area contributed by atoms with Crippen LogP contribution in [0.4, 0.5) is 4.39 Å². The third kappa shape index (κ3) is 5.64. The first kappa shape index (κ1) is 24.9. The van der Waals surface area contributed by atoms with Gasteiger partial charge in [-0.25, -0.2) is 9.37 Å². The predicted molar refractivity (Wildman–Crippen MR) is 141 cm³/mol. The van der Waals surface area contributed by atoms with Crippen LogP contribution < -0.4 is 9.47 Å². The van der Waals surface area contributed by atoms with Crippen molar-refractivity contribution in [3.8, 4) is 33.3 Å². The van der Waals surface area contributed by atoms with Crippen LogP contribution in [0.3, 0.4) is 0 Å². The quantitative estimate of drug-likeness (QED) is 0.247. The number of thiophene rings is 1. The Labute approximate surface area is 218 Å². The van der Waals surface area contributed by atoms with Crippen LogP contribution in [0, 0.1) is 18.7 Å². The summed E-state index contributed by atoms with van der Waals surface area (Å²) in [5.74, 6) is 0.393. The van der Waals surface area contributed by atoms with Crippen molar-refractivity contribution in [2.24, 2.45) is 5.92 Å². The van der Waals surface area contributed by atoms with E-state index in [0.717, 1.165) is 28.8 Å². The van der Waals surface area contributed by atoms with E-state index in [9.17, 15) is 14.3 Å². The van der Waals surface area contributed by atoms with Crippen LogP contribution in [0.2, 0.25) is 0 Å². The number of carbonyl (C=O) groups is 1. The molecule has 0 spiro atoms. The molecule has 1 atom stereocenters. The van der Waals surface area contributed by atoms with E-state index in [1.54, 1.807) is 18.3 Å². The second-order valence-electron chi connectivity index (χ2n) is 9.24. The summed E-state index contributed by atoms with van der Waals surface area (Å²) in [6.07, 6.45) is 3.83. The Morgan fingerprint density at radius 1 is 1.16 bits per heavy atom. The second kappa shape index (κ2) is 10.7. The molecule has 37 heavy (non-hydrogen) atoms. The largest absolute Gasteiger partial charge is 0.497 e. The van der Waals surface area contributed by atoms with Crippen LogP contribution in [0.1, 0.15) is 42.0 Å². The molecule has 1 aliphatic carbocycles. The van der Waals surface area contributed by atoms with Gasteiger partial charge in [-0.15, -0.1) is 11.3 Å². The maximum atomic E-state index is 14.8. The number of aliphatic carboxylic acids is 1. The molecule has 8 heteroatoms. The van der Waals surface area contributed by atoms with Gasteiger partial charge in [-0.2, -0.15) is 0 Å². The number of carboxylic acid groups (broad SMARTS) is 1. The molecule has 2 aromatic carbocycles. The van der Waals surface area contributed by atoms with Gasteiger partial charge in [0, 0.05) is 5.56 Å². The molecular weight excluding hydrogens is 491 g/mol. The smallest absolute Gasteiger partial charge is 0.303 e. The molecule has 1 fully saturated rings. The van der Waals surface area contributed by atoms with Gasteiger partial charge in [0.15, 0.2) is 0 Å². The Morgan fingerprint density at radius 2 is 2.00 bits per heavy atom. The molecule has 0 aliphatic heterocycles. The molecule has 5 rings (SSSR count). The first-order chi connectivity index (χ1) is 17.9. The van der Waals surface area contributed by atoms with Crippen LogP contribution in [-0.4, -0.2) is 28.2 Å². The molecule has 4 aromatic rings. The van der Waals surface area contributed by atoms with E-state index in [1.807, 2.05) is 42.6 Å². The van der Waals surface area contributed by atoms with E-state index in [2.05, 4.69) is 4.98 Å². The number of aromatic nitrogens is 2. The van der Waals surface area contributed by atoms with Gasteiger partial charge >= 0.3 is 5.97 Å². The fourth-order valence-electron chi connectivity index (χ4n) is 4.51. The number of halogens is 1. The number of benzene rings is 2. The highest BCUT2D eigenvalue weighted by molar-refractivity contribution is 7.13. The van der Waals surface area contributed by atoms with E-state index in [0.29, 0.717) is 40.1 Å². The number of hydrogen-bond donors (Lipinski definition) is 1. The number of ether oxygens (including phenoxy) is 2. The van der Waals surface area contributed by atoms with Crippen molar-refractivity contribution in [2.45, 2.75) is 38.7 Å². The Kier molecular flexibility index (Phi) is 7.19. The number of carboxylic acids is 1. The van der Waals surface area contributed by atoms with E-state index >= 15 is 0 Å². The highest BCUT2D eigenvalue weighted by Crippen LogP contribution is 2.45. The number of aryl methyl sites for hydroxylation is 1. The lowest BCUT2D eigenvalue weighted by molar-refractivity contribution is -0.137. The monoisotopic (exact) mass is 518 g/mol. The average Bonchev–Trinajstić information content (AvgIpc) is 3.66. The highest BCUT2D eigenvalue weighted by atomic mass is 32.1. The standard InChI is InChI=1S/C29H27FN2O4S/c1-17-10-11-37-29(17)28-27(24-13-21(35-2)8-9-25(24)30)31-15-20(32-28)16-36-22-5-3-4-19(12-22)23(14-26(33)34)18-6-7-18/h3-5,8-13,15,18,23H,6-7,14,16H2,1-2H3,(H,33,34)/t23-/m0/s1. The summed E-state index contributed by atoms with van der Waals surface area (Å²) in [6, 6.07) is 14.2. The van der Waals surface area contributed by atoms with Crippen LogP contribution in [0.5, 0.6) is 11.5 Å². The molecule has 1 N–H and O–H groups in total. The summed E-state index contributed by atoms with van der Waals surface area (Å²) < 4.78 is 26.2. The third-order valence-corrected chi connectivity index (χ3v) is 7.61. The Hall–Kier alpha value is -3.78. The van der Waals surface area contributed by atoms with Gasteiger partial charge in [0.25, 0.3) is 0 Å². The van der Waals surface area contributed by atoms with E-state index in [1.165, 1.54) is 24.5 Å². The second-order valence-corrected chi connectivity index (χ2v) is 10.2. The third-order valence-electron chi connectivity index (χ3n) is 6.59. The minimum atomic E-state index is -0.789. The van der Waals surface area contributed by atoms with E-state index in [-0.39, 0.29) is 18.9 Å². The number of methoxy groups -OCH3 is 1. The van der Waals surface area contributed by atoms with Crippen molar-refractivity contribution < 1.29 is 23.8 Å². The zero-order chi connectivity index (χ0) is 25.9. The van der Waals surface area contributed by atoms with Crippen molar-refractivity contribution in [3.05, 3.63) is 82.7 Å². The van der Waals surface area contributed by atoms with Crippen LogP contribution in [0.15, 0.2) is 60.1 Å². The minimum absolute atomic E-state index is 0.00806. The average molecular weight is 519 g/mol. The molecular formula is C29H27FN2O4S. The van der Waals surface area contributed by atoms with Crippen LogP contribution >= 0.6 is 11.3 Å². The summed E-state index contributed by atoms with van der Waals surface area (Å²) in [5, 5.41) is 11.3. The molecule has 6 nitrogen and oxygen atoms in total. The van der Waals surface area contributed by atoms with Crippen molar-refractivity contribution in [1.82, 2.24) is 9.97 Å². The zero-order valence-corrected chi connectivity index (χ0v) is 21.4. The Morgan fingerprint density at radius 3 is 2.70 bits per heavy atom. The lowest BCUT2D eigenvalue weighted by Crippen LogP contribution is -2.09. The molecule has 0 unspecified atom stereocenters. The lowest BCUT2D eigenvalue weighted by atomic mass is 9.91. The first-order valence-corrected chi connectivity index (χ1v) is 13.0. The van der Waals surface area contributed by atoms with Crippen molar-refractivity contribution in [1.29, 1.82) is 0 Å². The Bertz CT molecular complexity index is 1430. The maximum absolute atomic E-state index is 14.8. The van der Waals surface area contributed by atoms with Gasteiger partial charge in [0.2, 0.25) is 0 Å². The van der Waals surface area contributed by atoms with Gasteiger partial charge < -0.3 is 14.6 Å². The number of hydrogen-bond acceptors (Lipinski definition) is 6. The summed E-state index contributed by atoms with van der Waals surface area (Å²) in [6.45, 7) is 2.16. The molecule has 1 aliphatic rings. The summed E-state index contributed by atoms with van der Waals surface area (Å²) in [5.41, 5.74) is 3.95. The van der Waals surface area contributed by atoms with E-state index in [4.69, 9.17) is 14.5 Å². The molecule has 190 valence electrons.